The van der Waals surface area contributed by atoms with Crippen molar-refractivity contribution in [3.8, 4) is 0 Å². The number of Topliss-reactive ketones (excluding diaryl/α,β-unsaturated/α-hetero) is 1. The van der Waals surface area contributed by atoms with Gasteiger partial charge in [0.2, 0.25) is 0 Å². The average molecular weight is 592 g/mol. The lowest BCUT2D eigenvalue weighted by Crippen LogP contribution is -2.70. The monoisotopic (exact) mass is 591 g/mol. The highest BCUT2D eigenvalue weighted by molar-refractivity contribution is 5.83. The van der Waals surface area contributed by atoms with Gasteiger partial charge in [-0.15, -0.1) is 0 Å². The summed E-state index contributed by atoms with van der Waals surface area (Å²) in [5, 5.41) is 52.2. The molecule has 4 saturated carbocycles. The fraction of sp³-hybridized carbons (Fsp3) is 0.970. The van der Waals surface area contributed by atoms with E-state index >= 15 is 0 Å². The number of piperidine rings is 2. The van der Waals surface area contributed by atoms with Crippen LogP contribution in [0.2, 0.25) is 0 Å². The molecular formula is C33H53NO8. The number of rotatable bonds is 3. The second-order valence-electron chi connectivity index (χ2n) is 16.0. The minimum Gasteiger partial charge on any atom is -0.394 e. The molecule has 0 aromatic heterocycles. The van der Waals surface area contributed by atoms with Crippen LogP contribution in [0, 0.1) is 52.8 Å². The molecule has 9 nitrogen and oxygen atoms in total. The second kappa shape index (κ2) is 10.7. The van der Waals surface area contributed by atoms with E-state index in [0.29, 0.717) is 54.1 Å². The van der Waals surface area contributed by atoms with Crippen LogP contribution in [0.3, 0.4) is 0 Å². The van der Waals surface area contributed by atoms with Gasteiger partial charge in [-0.3, -0.25) is 9.69 Å². The second-order valence-corrected chi connectivity index (χ2v) is 16.0. The zero-order valence-electron chi connectivity index (χ0n) is 25.6. The summed E-state index contributed by atoms with van der Waals surface area (Å²) >= 11 is 0. The lowest BCUT2D eigenvalue weighted by Gasteiger charge is -2.62. The number of ether oxygens (including phenoxy) is 2. The third-order valence-corrected chi connectivity index (χ3v) is 14.0. The third-order valence-electron chi connectivity index (χ3n) is 14.0. The SMILES string of the molecule is C[C@H]1CC[C@H]2N(C1)C[C@H]1[C@@H]3C[C@@H]4[C@@H](CC(=O)[C@H]5C[C@@H](O)CC[C@@]54C)[C@H]3CC[C@@H]1[C@]2(C)O[C@@H]1O[C@H](CO)[C@@H](O)[C@H](O)[C@H]1O. The van der Waals surface area contributed by atoms with Crippen LogP contribution in [-0.2, 0) is 14.3 Å². The highest BCUT2D eigenvalue weighted by Gasteiger charge is 2.65. The van der Waals surface area contributed by atoms with Crippen molar-refractivity contribution in [1.29, 1.82) is 0 Å². The largest absolute Gasteiger partial charge is 0.394 e. The average Bonchev–Trinajstić information content (AvgIpc) is 3.34. The van der Waals surface area contributed by atoms with E-state index in [1.165, 1.54) is 0 Å². The molecule has 0 radical (unpaired) electrons. The van der Waals surface area contributed by atoms with Crippen LogP contribution in [0.15, 0.2) is 0 Å². The Morgan fingerprint density at radius 1 is 0.881 bits per heavy atom. The molecule has 5 N–H and O–H groups in total. The van der Waals surface area contributed by atoms with E-state index in [-0.39, 0.29) is 29.4 Å². The van der Waals surface area contributed by atoms with Gasteiger partial charge in [0, 0.05) is 31.5 Å². The van der Waals surface area contributed by atoms with Gasteiger partial charge in [-0.25, -0.2) is 0 Å². The molecule has 0 amide bonds. The molecule has 4 aliphatic carbocycles. The third kappa shape index (κ3) is 4.43. The van der Waals surface area contributed by atoms with E-state index in [4.69, 9.17) is 9.47 Å². The number of carbonyl (C=O) groups is 1. The Bertz CT molecular complexity index is 1040. The number of fused-ring (bicyclic) bond motifs is 8. The smallest absolute Gasteiger partial charge is 0.187 e. The first kappa shape index (κ1) is 30.0. The first-order valence-corrected chi connectivity index (χ1v) is 16.9. The summed E-state index contributed by atoms with van der Waals surface area (Å²) in [6.45, 7) is 8.41. The number of hydrogen-bond donors (Lipinski definition) is 5. The molecule has 7 aliphatic rings. The normalized spacial score (nSPS) is 57.9. The van der Waals surface area contributed by atoms with E-state index in [2.05, 4.69) is 25.7 Å². The molecule has 3 heterocycles. The van der Waals surface area contributed by atoms with Crippen molar-refractivity contribution in [2.75, 3.05) is 19.7 Å². The molecule has 0 bridgehead atoms. The van der Waals surface area contributed by atoms with Crippen molar-refractivity contribution >= 4 is 5.78 Å². The topological polar surface area (TPSA) is 140 Å². The quantitative estimate of drug-likeness (QED) is 0.332. The first-order valence-electron chi connectivity index (χ1n) is 16.9. The number of nitrogens with zero attached hydrogens (tertiary/aromatic N) is 1. The number of hydrogen-bond acceptors (Lipinski definition) is 9. The Morgan fingerprint density at radius 3 is 2.43 bits per heavy atom. The zero-order chi connectivity index (χ0) is 29.7. The van der Waals surface area contributed by atoms with Crippen molar-refractivity contribution in [2.24, 2.45) is 52.8 Å². The standard InChI is InChI=1S/C33H53NO8/c1-16-4-7-27-33(3,42-31-30(40)29(39)28(38)26(15-35)41-31)22-6-5-18-19(21(22)14-34(27)13-16)11-23-20(18)12-25(37)24-10-17(36)8-9-32(23,24)2/h16-24,26-31,35-36,38-40H,4-15H2,1-3H3/t16-,17-,18-,19+,20-,21-,22-,23+,24+,26+,27+,28+,29-,30+,31-,32+,33-/m0/s1. The molecule has 3 aliphatic heterocycles. The number of aliphatic hydroxyl groups is 5. The van der Waals surface area contributed by atoms with Crippen LogP contribution in [0.1, 0.15) is 78.6 Å². The van der Waals surface area contributed by atoms with Crippen molar-refractivity contribution < 1.29 is 39.8 Å². The fourth-order valence-electron chi connectivity index (χ4n) is 11.9. The van der Waals surface area contributed by atoms with E-state index in [0.717, 1.165) is 58.0 Å². The number of ketones is 1. The van der Waals surface area contributed by atoms with E-state index in [1.807, 2.05) is 0 Å². The van der Waals surface area contributed by atoms with Crippen molar-refractivity contribution in [3.63, 3.8) is 0 Å². The van der Waals surface area contributed by atoms with Crippen LogP contribution in [0.5, 0.6) is 0 Å². The van der Waals surface area contributed by atoms with Gasteiger partial charge < -0.3 is 35.0 Å². The van der Waals surface area contributed by atoms with Gasteiger partial charge >= 0.3 is 0 Å². The van der Waals surface area contributed by atoms with Crippen LogP contribution >= 0.6 is 0 Å². The van der Waals surface area contributed by atoms with Gasteiger partial charge in [0.1, 0.15) is 30.2 Å². The minimum atomic E-state index is -1.46. The lowest BCUT2D eigenvalue weighted by molar-refractivity contribution is -0.349. The maximum Gasteiger partial charge on any atom is 0.187 e. The number of carbonyl (C=O) groups excluding carboxylic acids is 1. The highest BCUT2D eigenvalue weighted by Crippen LogP contribution is 2.67. The Labute approximate surface area is 249 Å². The van der Waals surface area contributed by atoms with E-state index < -0.39 is 42.9 Å². The van der Waals surface area contributed by atoms with Gasteiger partial charge in [-0.1, -0.05) is 13.8 Å². The Kier molecular flexibility index (Phi) is 7.66. The lowest BCUT2D eigenvalue weighted by atomic mass is 9.51. The summed E-state index contributed by atoms with van der Waals surface area (Å²) in [6.07, 6.45) is 1.56. The molecule has 0 aromatic rings. The zero-order valence-corrected chi connectivity index (χ0v) is 25.6. The van der Waals surface area contributed by atoms with Gasteiger partial charge in [0.15, 0.2) is 6.29 Å². The molecule has 3 saturated heterocycles. The Balaban J connectivity index is 1.20. The van der Waals surface area contributed by atoms with Gasteiger partial charge in [-0.05, 0) is 105 Å². The van der Waals surface area contributed by atoms with Crippen molar-refractivity contribution in [3.05, 3.63) is 0 Å². The summed E-state index contributed by atoms with van der Waals surface area (Å²) in [4.78, 5) is 16.1. The Morgan fingerprint density at radius 2 is 1.67 bits per heavy atom. The predicted molar refractivity (Wildman–Crippen MR) is 153 cm³/mol. The van der Waals surface area contributed by atoms with Crippen LogP contribution in [-0.4, -0.2) is 104 Å². The summed E-state index contributed by atoms with van der Waals surface area (Å²) in [6, 6.07) is 0.158. The van der Waals surface area contributed by atoms with Crippen LogP contribution < -0.4 is 0 Å². The van der Waals surface area contributed by atoms with Crippen molar-refractivity contribution in [1.82, 2.24) is 4.90 Å². The maximum atomic E-state index is 13.5. The summed E-state index contributed by atoms with van der Waals surface area (Å²) in [5.74, 6) is 3.57. The molecule has 0 unspecified atom stereocenters. The van der Waals surface area contributed by atoms with Crippen LogP contribution in [0.25, 0.3) is 0 Å². The molecule has 17 atom stereocenters. The first-order chi connectivity index (χ1) is 20.0. The summed E-state index contributed by atoms with van der Waals surface area (Å²) in [5.41, 5.74) is -0.661. The van der Waals surface area contributed by atoms with Gasteiger partial charge in [-0.2, -0.15) is 0 Å². The van der Waals surface area contributed by atoms with Gasteiger partial charge in [0.05, 0.1) is 18.3 Å². The van der Waals surface area contributed by atoms with E-state index in [9.17, 15) is 30.3 Å². The maximum absolute atomic E-state index is 13.5. The summed E-state index contributed by atoms with van der Waals surface area (Å²) in [7, 11) is 0. The minimum absolute atomic E-state index is 0.0167. The van der Waals surface area contributed by atoms with Crippen molar-refractivity contribution in [2.45, 2.75) is 127 Å². The van der Waals surface area contributed by atoms with E-state index in [1.54, 1.807) is 0 Å². The molecular weight excluding hydrogens is 538 g/mol. The molecule has 7 fully saturated rings. The number of aliphatic hydroxyl groups excluding tert-OH is 5. The molecule has 7 rings (SSSR count). The molecule has 9 heteroatoms. The molecule has 0 spiro atoms. The molecule has 0 aromatic carbocycles. The molecule has 42 heavy (non-hydrogen) atoms. The predicted octanol–water partition coefficient (Wildman–Crippen LogP) is 1.71. The Hall–Kier alpha value is -0.650. The van der Waals surface area contributed by atoms with Gasteiger partial charge in [0.25, 0.3) is 0 Å². The van der Waals surface area contributed by atoms with Crippen LogP contribution in [0.4, 0.5) is 0 Å². The summed E-state index contributed by atoms with van der Waals surface area (Å²) < 4.78 is 12.8. The highest BCUT2D eigenvalue weighted by atomic mass is 16.7. The fourth-order valence-corrected chi connectivity index (χ4v) is 11.9. The molecule has 238 valence electrons.